The Kier molecular flexibility index (Phi) is 4.82. The Morgan fingerprint density at radius 3 is 2.89 bits per heavy atom. The van der Waals surface area contributed by atoms with Crippen LogP contribution in [-0.2, 0) is 0 Å². The average Bonchev–Trinajstić information content (AvgIpc) is 2.45. The lowest BCUT2D eigenvalue weighted by atomic mass is 9.89. The molecule has 1 saturated carbocycles. The zero-order chi connectivity index (χ0) is 12.8. The molecule has 1 aromatic heterocycles. The van der Waals surface area contributed by atoms with Gasteiger partial charge in [0, 0.05) is 6.54 Å². The van der Waals surface area contributed by atoms with Gasteiger partial charge in [0.05, 0.1) is 6.20 Å². The second-order valence-corrected chi connectivity index (χ2v) is 5.39. The van der Waals surface area contributed by atoms with Crippen LogP contribution in [0.25, 0.3) is 0 Å². The fraction of sp³-hybridized carbons (Fsp3) is 0.615. The summed E-state index contributed by atoms with van der Waals surface area (Å²) in [7, 11) is 0. The Morgan fingerprint density at radius 2 is 2.22 bits per heavy atom. The van der Waals surface area contributed by atoms with Crippen molar-refractivity contribution < 1.29 is 0 Å². The summed E-state index contributed by atoms with van der Waals surface area (Å²) in [4.78, 5) is 8.48. The number of nitrogens with one attached hydrogen (secondary N) is 1. The predicted molar refractivity (Wildman–Crippen MR) is 73.6 cm³/mol. The molecule has 1 fully saturated rings. The standard InChI is InChI=1S/C13H18N4S/c1-18-13-16-9-11(7-14)12(17-13)15-8-10-5-3-2-4-6-10/h9-10H,2-6,8H2,1H3,(H,15,16,17). The summed E-state index contributed by atoms with van der Waals surface area (Å²) in [5.41, 5.74) is 0.531. The summed E-state index contributed by atoms with van der Waals surface area (Å²) in [5, 5.41) is 13.1. The van der Waals surface area contributed by atoms with Crippen molar-refractivity contribution in [1.82, 2.24) is 9.97 Å². The van der Waals surface area contributed by atoms with E-state index in [1.807, 2.05) is 6.26 Å². The predicted octanol–water partition coefficient (Wildman–Crippen LogP) is 3.06. The van der Waals surface area contributed by atoms with Gasteiger partial charge in [-0.1, -0.05) is 31.0 Å². The first-order chi connectivity index (χ1) is 8.83. The SMILES string of the molecule is CSc1ncc(C#N)c(NCC2CCCCC2)n1. The topological polar surface area (TPSA) is 61.6 Å². The second kappa shape index (κ2) is 6.60. The lowest BCUT2D eigenvalue weighted by molar-refractivity contribution is 0.373. The number of hydrogen-bond acceptors (Lipinski definition) is 5. The van der Waals surface area contributed by atoms with Gasteiger partial charge >= 0.3 is 0 Å². The van der Waals surface area contributed by atoms with Crippen molar-refractivity contribution in [3.8, 4) is 6.07 Å². The zero-order valence-electron chi connectivity index (χ0n) is 10.6. The largest absolute Gasteiger partial charge is 0.369 e. The van der Waals surface area contributed by atoms with Crippen molar-refractivity contribution in [1.29, 1.82) is 5.26 Å². The van der Waals surface area contributed by atoms with Crippen LogP contribution in [0.4, 0.5) is 5.82 Å². The summed E-state index contributed by atoms with van der Waals surface area (Å²) in [5.74, 6) is 1.40. The van der Waals surface area contributed by atoms with Crippen LogP contribution in [0, 0.1) is 17.2 Å². The molecular weight excluding hydrogens is 244 g/mol. The minimum Gasteiger partial charge on any atom is -0.369 e. The number of hydrogen-bond donors (Lipinski definition) is 1. The molecule has 1 aromatic rings. The third-order valence-electron chi connectivity index (χ3n) is 3.35. The summed E-state index contributed by atoms with van der Waals surface area (Å²) in [6.07, 6.45) is 10.1. The highest BCUT2D eigenvalue weighted by Gasteiger charge is 2.14. The minimum atomic E-state index is 0.531. The van der Waals surface area contributed by atoms with E-state index in [-0.39, 0.29) is 0 Å². The van der Waals surface area contributed by atoms with E-state index in [4.69, 9.17) is 5.26 Å². The number of aromatic nitrogens is 2. The lowest BCUT2D eigenvalue weighted by Gasteiger charge is -2.22. The van der Waals surface area contributed by atoms with Crippen LogP contribution in [-0.4, -0.2) is 22.8 Å². The van der Waals surface area contributed by atoms with E-state index in [1.165, 1.54) is 43.9 Å². The summed E-state index contributed by atoms with van der Waals surface area (Å²) in [6, 6.07) is 2.14. The van der Waals surface area contributed by atoms with Crippen LogP contribution in [0.15, 0.2) is 11.4 Å². The van der Waals surface area contributed by atoms with E-state index in [0.717, 1.165) is 12.5 Å². The van der Waals surface area contributed by atoms with Gasteiger partial charge in [-0.3, -0.25) is 0 Å². The van der Waals surface area contributed by atoms with Crippen molar-refractivity contribution >= 4 is 17.6 Å². The molecule has 0 unspecified atom stereocenters. The van der Waals surface area contributed by atoms with Crippen molar-refractivity contribution in [3.63, 3.8) is 0 Å². The molecule has 5 heteroatoms. The Labute approximate surface area is 112 Å². The molecule has 1 aliphatic rings. The summed E-state index contributed by atoms with van der Waals surface area (Å²) in [6.45, 7) is 0.916. The van der Waals surface area contributed by atoms with Crippen molar-refractivity contribution in [2.75, 3.05) is 18.1 Å². The molecule has 0 saturated heterocycles. The second-order valence-electron chi connectivity index (χ2n) is 4.62. The van der Waals surface area contributed by atoms with Crippen LogP contribution < -0.4 is 5.32 Å². The monoisotopic (exact) mass is 262 g/mol. The molecule has 0 bridgehead atoms. The molecule has 1 heterocycles. The molecule has 2 rings (SSSR count). The molecule has 0 aromatic carbocycles. The van der Waals surface area contributed by atoms with Crippen LogP contribution in [0.1, 0.15) is 37.7 Å². The number of thioether (sulfide) groups is 1. The van der Waals surface area contributed by atoms with E-state index >= 15 is 0 Å². The molecule has 0 amide bonds. The maximum Gasteiger partial charge on any atom is 0.189 e. The van der Waals surface area contributed by atoms with Gasteiger partial charge < -0.3 is 5.32 Å². The first-order valence-electron chi connectivity index (χ1n) is 6.38. The van der Waals surface area contributed by atoms with Crippen LogP contribution in [0.5, 0.6) is 0 Å². The fourth-order valence-electron chi connectivity index (χ4n) is 2.31. The van der Waals surface area contributed by atoms with E-state index in [2.05, 4.69) is 21.4 Å². The van der Waals surface area contributed by atoms with Crippen LogP contribution in [0.3, 0.4) is 0 Å². The van der Waals surface area contributed by atoms with E-state index in [9.17, 15) is 0 Å². The van der Waals surface area contributed by atoms with Crippen molar-refractivity contribution in [2.45, 2.75) is 37.3 Å². The van der Waals surface area contributed by atoms with Crippen molar-refractivity contribution in [3.05, 3.63) is 11.8 Å². The van der Waals surface area contributed by atoms with E-state index < -0.39 is 0 Å². The molecule has 4 nitrogen and oxygen atoms in total. The maximum atomic E-state index is 9.04. The quantitative estimate of drug-likeness (QED) is 0.667. The van der Waals surface area contributed by atoms with Gasteiger partial charge in [0.2, 0.25) is 0 Å². The highest BCUT2D eigenvalue weighted by atomic mass is 32.2. The molecule has 0 atom stereocenters. The highest BCUT2D eigenvalue weighted by molar-refractivity contribution is 7.98. The van der Waals surface area contributed by atoms with E-state index in [1.54, 1.807) is 6.20 Å². The third-order valence-corrected chi connectivity index (χ3v) is 3.91. The molecule has 1 N–H and O–H groups in total. The molecule has 1 aliphatic carbocycles. The normalized spacial score (nSPS) is 16.2. The Balaban J connectivity index is 2.00. The Bertz CT molecular complexity index is 435. The van der Waals surface area contributed by atoms with Gasteiger partial charge in [-0.05, 0) is 25.0 Å². The lowest BCUT2D eigenvalue weighted by Crippen LogP contribution is -2.18. The molecule has 0 radical (unpaired) electrons. The van der Waals surface area contributed by atoms with Gasteiger partial charge in [0.1, 0.15) is 17.5 Å². The van der Waals surface area contributed by atoms with Gasteiger partial charge in [0.25, 0.3) is 0 Å². The average molecular weight is 262 g/mol. The molecule has 18 heavy (non-hydrogen) atoms. The van der Waals surface area contributed by atoms with Gasteiger partial charge in [-0.2, -0.15) is 5.26 Å². The molecule has 96 valence electrons. The molecular formula is C13H18N4S. The summed E-state index contributed by atoms with van der Waals surface area (Å²) < 4.78 is 0. The molecule has 0 aliphatic heterocycles. The van der Waals surface area contributed by atoms with Crippen LogP contribution in [0.2, 0.25) is 0 Å². The maximum absolute atomic E-state index is 9.04. The van der Waals surface area contributed by atoms with Gasteiger partial charge in [-0.15, -0.1) is 0 Å². The molecule has 0 spiro atoms. The highest BCUT2D eigenvalue weighted by Crippen LogP contribution is 2.24. The minimum absolute atomic E-state index is 0.531. The number of nitriles is 1. The fourth-order valence-corrected chi connectivity index (χ4v) is 2.65. The van der Waals surface area contributed by atoms with Gasteiger partial charge in [0.15, 0.2) is 5.16 Å². The first-order valence-corrected chi connectivity index (χ1v) is 7.61. The Morgan fingerprint density at radius 1 is 1.44 bits per heavy atom. The van der Waals surface area contributed by atoms with E-state index in [0.29, 0.717) is 16.5 Å². The Hall–Kier alpha value is -1.28. The van der Waals surface area contributed by atoms with Gasteiger partial charge in [-0.25, -0.2) is 9.97 Å². The zero-order valence-corrected chi connectivity index (χ0v) is 11.5. The number of rotatable bonds is 4. The van der Waals surface area contributed by atoms with Crippen LogP contribution >= 0.6 is 11.8 Å². The van der Waals surface area contributed by atoms with Crippen molar-refractivity contribution in [2.24, 2.45) is 5.92 Å². The first kappa shape index (κ1) is 13.2. The number of nitrogens with zero attached hydrogens (tertiary/aromatic N) is 3. The summed E-state index contributed by atoms with van der Waals surface area (Å²) >= 11 is 1.49. The smallest absolute Gasteiger partial charge is 0.189 e. The number of anilines is 1. The third kappa shape index (κ3) is 3.36.